The summed E-state index contributed by atoms with van der Waals surface area (Å²) in [4.78, 5) is 41.7. The maximum atomic E-state index is 13.9. The van der Waals surface area contributed by atoms with E-state index in [0.717, 1.165) is 32.9 Å². The first-order valence-corrected chi connectivity index (χ1v) is 19.2. The number of allylic oxidation sites excluding steroid dienone is 1. The minimum Gasteiger partial charge on any atom is -0.507 e. The number of carbonyl (C=O) groups is 2. The number of methoxy groups -OCH3 is 2. The molecule has 3 aliphatic rings. The van der Waals surface area contributed by atoms with Gasteiger partial charge < -0.3 is 46.4 Å². The van der Waals surface area contributed by atoms with Crippen molar-refractivity contribution in [2.24, 2.45) is 16.6 Å². The fourth-order valence-electron chi connectivity index (χ4n) is 7.96. The number of nitrogens with one attached hydrogen (secondary N) is 4. The number of anilines is 1. The van der Waals surface area contributed by atoms with Gasteiger partial charge in [0.15, 0.2) is 23.1 Å². The van der Waals surface area contributed by atoms with Crippen LogP contribution in [-0.2, 0) is 4.79 Å². The summed E-state index contributed by atoms with van der Waals surface area (Å²) in [6, 6.07) is 18.9. The number of carbonyl (C=O) groups excluding carboxylic acids is 2. The van der Waals surface area contributed by atoms with Gasteiger partial charge in [-0.15, -0.1) is 25.2 Å². The summed E-state index contributed by atoms with van der Waals surface area (Å²) in [6.07, 6.45) is 6.45. The van der Waals surface area contributed by atoms with E-state index in [1.54, 1.807) is 33.1 Å². The minimum absolute atomic E-state index is 0. The second-order valence-electron chi connectivity index (χ2n) is 15.1. The molecule has 9 rings (SSSR count). The molecule has 5 heterocycles. The van der Waals surface area contributed by atoms with E-state index in [0.29, 0.717) is 71.4 Å². The van der Waals surface area contributed by atoms with E-state index in [4.69, 9.17) is 16.6 Å². The number of amidine groups is 1. The number of aromatic nitrogens is 3. The maximum Gasteiger partial charge on any atom is 0.251 e. The van der Waals surface area contributed by atoms with Crippen molar-refractivity contribution in [2.75, 3.05) is 39.2 Å². The molecule has 0 radical (unpaired) electrons. The Morgan fingerprint density at radius 1 is 0.951 bits per heavy atom. The van der Waals surface area contributed by atoms with E-state index in [2.05, 4.69) is 42.3 Å². The number of phenolic OH excluding ortho intramolecular Hbond substituents is 1. The first kappa shape index (κ1) is 42.4. The number of fused-ring (bicyclic) bond motifs is 5. The number of aromatic hydroxyl groups is 1. The summed E-state index contributed by atoms with van der Waals surface area (Å²) in [5.74, 6) is 1.03. The lowest BCUT2D eigenvalue weighted by molar-refractivity contribution is -0.114. The summed E-state index contributed by atoms with van der Waals surface area (Å²) in [7, 11) is 3.07. The number of benzene rings is 4. The number of hydrogen-bond donors (Lipinski definition) is 7. The molecule has 1 amide bonds. The number of hydrogen-bond acceptors (Lipinski definition) is 12. The van der Waals surface area contributed by atoms with Crippen molar-refractivity contribution in [1.82, 2.24) is 25.6 Å². The van der Waals surface area contributed by atoms with Crippen LogP contribution in [0.3, 0.4) is 0 Å². The smallest absolute Gasteiger partial charge is 0.251 e. The van der Waals surface area contributed by atoms with Gasteiger partial charge in [-0.25, -0.2) is 19.4 Å². The summed E-state index contributed by atoms with van der Waals surface area (Å²) in [5, 5.41) is 33.3. The molecule has 1 fully saturated rings. The van der Waals surface area contributed by atoms with E-state index in [1.807, 2.05) is 36.4 Å². The van der Waals surface area contributed by atoms with Gasteiger partial charge in [-0.05, 0) is 73.9 Å². The van der Waals surface area contributed by atoms with Crippen LogP contribution in [0.5, 0.6) is 17.2 Å². The zero-order chi connectivity index (χ0) is 43.6. The van der Waals surface area contributed by atoms with Gasteiger partial charge in [0.25, 0.3) is 5.91 Å². The Labute approximate surface area is 358 Å². The summed E-state index contributed by atoms with van der Waals surface area (Å²) >= 11 is 0. The molecule has 316 valence electrons. The summed E-state index contributed by atoms with van der Waals surface area (Å²) in [5.41, 5.74) is 9.96. The first-order chi connectivity index (χ1) is 29.2. The number of aliphatic imine (C=N–C) groups is 1. The van der Waals surface area contributed by atoms with Gasteiger partial charge in [-0.2, -0.15) is 0 Å². The highest BCUT2D eigenvalue weighted by Gasteiger charge is 2.38. The highest BCUT2D eigenvalue weighted by atomic mass is 35.5. The lowest BCUT2D eigenvalue weighted by Crippen LogP contribution is -2.42. The minimum atomic E-state index is -0.908. The van der Waals surface area contributed by atoms with Crippen molar-refractivity contribution in [3.8, 4) is 41.5 Å². The van der Waals surface area contributed by atoms with E-state index in [-0.39, 0.29) is 59.6 Å². The Balaban J connectivity index is 0.000000195. The standard InChI is InChI=1S/C23H27FN4O4.C20H16N4O2.C2H2.ClH/c1-23(2,30)15-10-25-11-17(15)27-21-13-8-19(31-3)20(32-4)9-16(13)26-22(28-21)14-7-12(24)5-6-18(14)29;21-18-9-17(25)19(24-18)11-5-6-22-20(26)14-8-16-13(7-12(11)14)10-3-1-2-4-15(10)23-16;1-2;/h5-9,15,17,25,29-30H,10-11H2,1-4H3,(H,26,27,28);1-4,7-8,23H,5-6,9H2,(H2,21,24)(H,22,26);1-2H;1H/t15-,17?;;;/m1.../s1/i;;1T;. The van der Waals surface area contributed by atoms with Crippen LogP contribution in [0.4, 0.5) is 10.2 Å². The molecule has 0 saturated carbocycles. The van der Waals surface area contributed by atoms with E-state index >= 15 is 0 Å². The molecule has 14 nitrogen and oxygen atoms in total. The van der Waals surface area contributed by atoms with Gasteiger partial charge in [0.05, 0.1) is 37.3 Å². The predicted molar refractivity (Wildman–Crippen MR) is 238 cm³/mol. The number of halogens is 2. The van der Waals surface area contributed by atoms with Crippen LogP contribution >= 0.6 is 12.4 Å². The summed E-state index contributed by atoms with van der Waals surface area (Å²) < 4.78 is 30.5. The van der Waals surface area contributed by atoms with Crippen molar-refractivity contribution in [2.45, 2.75) is 38.3 Å². The van der Waals surface area contributed by atoms with Crippen LogP contribution in [0.1, 0.15) is 44.0 Å². The molecule has 3 aliphatic heterocycles. The van der Waals surface area contributed by atoms with Crippen LogP contribution < -0.4 is 31.2 Å². The molecule has 1 saturated heterocycles. The molecule has 2 aromatic heterocycles. The fourth-order valence-corrected chi connectivity index (χ4v) is 7.96. The lowest BCUT2D eigenvalue weighted by atomic mass is 9.87. The first-order valence-electron chi connectivity index (χ1n) is 19.7. The number of amides is 1. The number of nitrogens with zero attached hydrogens (tertiary/aromatic N) is 3. The number of ether oxygens (including phenoxy) is 2. The van der Waals surface area contributed by atoms with Crippen LogP contribution in [0.25, 0.3) is 49.7 Å². The van der Waals surface area contributed by atoms with Crippen molar-refractivity contribution in [3.05, 3.63) is 89.4 Å². The molecule has 61 heavy (non-hydrogen) atoms. The molecular formula is C45H46ClFN8O6. The number of aliphatic hydroxyl groups is 1. The van der Waals surface area contributed by atoms with Gasteiger partial charge in [0.2, 0.25) is 0 Å². The number of nitrogens with two attached hydrogens (primary N) is 1. The Morgan fingerprint density at radius 2 is 1.69 bits per heavy atom. The van der Waals surface area contributed by atoms with Crippen molar-refractivity contribution in [3.63, 3.8) is 0 Å². The average molecular weight is 851 g/mol. The molecule has 8 N–H and O–H groups in total. The van der Waals surface area contributed by atoms with E-state index < -0.39 is 11.4 Å². The average Bonchev–Trinajstić information content (AvgIpc) is 3.93. The largest absolute Gasteiger partial charge is 0.507 e. The molecule has 0 bridgehead atoms. The fraction of sp³-hybridized carbons (Fsp3) is 0.267. The van der Waals surface area contributed by atoms with Crippen LogP contribution in [0.15, 0.2) is 77.4 Å². The SMILES string of the molecule is COc1cc2nc(-c3cc(F)ccc3O)nc(NC3CNC[C@H]3C(C)(C)O)c2cc1OC.Cl.NC1=NC(=C2CCNC(=O)c3cc4[nH]c5ccccc5c4cc32)C(=O)C1.[3H]C#C. The molecule has 1 unspecified atom stereocenters. The molecule has 4 aromatic carbocycles. The quantitative estimate of drug-likeness (QED) is 0.0753. The van der Waals surface area contributed by atoms with Crippen molar-refractivity contribution >= 4 is 74.0 Å². The Kier molecular flexibility index (Phi) is 12.4. The van der Waals surface area contributed by atoms with Gasteiger partial charge in [0.1, 0.15) is 30.3 Å². The van der Waals surface area contributed by atoms with Crippen LogP contribution in [-0.4, -0.2) is 88.2 Å². The second-order valence-corrected chi connectivity index (χ2v) is 15.1. The number of H-pyrrole nitrogens is 1. The second kappa shape index (κ2) is 17.9. The maximum absolute atomic E-state index is 13.9. The lowest BCUT2D eigenvalue weighted by Gasteiger charge is -2.31. The van der Waals surface area contributed by atoms with E-state index in [9.17, 15) is 24.2 Å². The highest BCUT2D eigenvalue weighted by molar-refractivity contribution is 6.19. The van der Waals surface area contributed by atoms with Gasteiger partial charge >= 0.3 is 0 Å². The third kappa shape index (κ3) is 8.64. The number of para-hydroxylation sites is 1. The van der Waals surface area contributed by atoms with Crippen molar-refractivity contribution < 1.29 is 35.0 Å². The number of aromatic amines is 1. The van der Waals surface area contributed by atoms with Gasteiger partial charge in [-0.3, -0.25) is 9.59 Å². The number of Topliss-reactive ketones (excluding diaryl/α,β-unsaturated/α-hetero) is 1. The normalized spacial score (nSPS) is 18.6. The Hall–Kier alpha value is -6.73. The van der Waals surface area contributed by atoms with Crippen LogP contribution in [0, 0.1) is 24.6 Å². The van der Waals surface area contributed by atoms with Gasteiger partial charge in [-0.1, -0.05) is 18.2 Å². The molecular weight excluding hydrogens is 803 g/mol. The number of terminal acetylenes is 1. The van der Waals surface area contributed by atoms with E-state index in [1.165, 1.54) is 31.7 Å². The molecule has 6 aromatic rings. The molecule has 0 aliphatic carbocycles. The monoisotopic (exact) mass is 850 g/mol. The number of rotatable bonds is 6. The Bertz CT molecular complexity index is 2820. The topological polar surface area (TPSA) is 209 Å². The molecule has 0 spiro atoms. The highest BCUT2D eigenvalue weighted by Crippen LogP contribution is 2.39. The van der Waals surface area contributed by atoms with Crippen molar-refractivity contribution in [1.29, 1.82) is 0 Å². The third-order valence-corrected chi connectivity index (χ3v) is 10.9. The zero-order valence-corrected chi connectivity index (χ0v) is 34.7. The van der Waals surface area contributed by atoms with Gasteiger partial charge in [0, 0.05) is 70.4 Å². The summed E-state index contributed by atoms with van der Waals surface area (Å²) in [6.45, 7) is 5.31. The molecule has 16 heteroatoms. The predicted octanol–water partition coefficient (Wildman–Crippen LogP) is 6.10. The molecule has 2 atom stereocenters. The number of phenols is 1. The number of ketones is 1. The van der Waals surface area contributed by atoms with Crippen LogP contribution in [0.2, 0.25) is 0 Å². The Morgan fingerprint density at radius 3 is 2.39 bits per heavy atom. The zero-order valence-electron chi connectivity index (χ0n) is 34.9. The third-order valence-electron chi connectivity index (χ3n) is 10.9.